The molecule has 24 heavy (non-hydrogen) atoms. The Bertz CT molecular complexity index is 729. The Labute approximate surface area is 147 Å². The highest BCUT2D eigenvalue weighted by Gasteiger charge is 2.02. The van der Waals surface area contributed by atoms with E-state index in [1.165, 1.54) is 0 Å². The molecular formula is C19H21ClN2O2. The summed E-state index contributed by atoms with van der Waals surface area (Å²) in [5.74, 6) is 0.660. The third kappa shape index (κ3) is 6.05. The van der Waals surface area contributed by atoms with Crippen molar-refractivity contribution in [2.24, 2.45) is 5.10 Å². The zero-order valence-electron chi connectivity index (χ0n) is 13.9. The molecule has 0 atom stereocenters. The predicted molar refractivity (Wildman–Crippen MR) is 97.8 cm³/mol. The van der Waals surface area contributed by atoms with Crippen LogP contribution in [0.15, 0.2) is 47.6 Å². The molecule has 2 rings (SSSR count). The van der Waals surface area contributed by atoms with Gasteiger partial charge in [0, 0.05) is 11.4 Å². The van der Waals surface area contributed by atoms with E-state index in [0.717, 1.165) is 22.4 Å². The molecule has 0 spiro atoms. The van der Waals surface area contributed by atoms with Gasteiger partial charge in [0.1, 0.15) is 5.75 Å². The number of ether oxygens (including phenoxy) is 1. The van der Waals surface area contributed by atoms with E-state index in [1.54, 1.807) is 12.3 Å². The highest BCUT2D eigenvalue weighted by molar-refractivity contribution is 6.30. The number of hydrogen-bond acceptors (Lipinski definition) is 3. The fourth-order valence-corrected chi connectivity index (χ4v) is 2.40. The molecule has 0 aliphatic rings. The second-order valence-electron chi connectivity index (χ2n) is 5.57. The molecular weight excluding hydrogens is 324 g/mol. The van der Waals surface area contributed by atoms with Crippen LogP contribution in [0, 0.1) is 13.8 Å². The Balaban J connectivity index is 1.68. The number of nitrogens with one attached hydrogen (secondary N) is 1. The number of rotatable bonds is 7. The normalized spacial score (nSPS) is 10.8. The van der Waals surface area contributed by atoms with Gasteiger partial charge in [-0.2, -0.15) is 5.10 Å². The molecule has 1 N–H and O–H groups in total. The summed E-state index contributed by atoms with van der Waals surface area (Å²) >= 11 is 5.90. The maximum Gasteiger partial charge on any atom is 0.240 e. The van der Waals surface area contributed by atoms with E-state index in [-0.39, 0.29) is 5.91 Å². The van der Waals surface area contributed by atoms with E-state index in [2.05, 4.69) is 10.5 Å². The van der Waals surface area contributed by atoms with Gasteiger partial charge in [0.2, 0.25) is 5.91 Å². The first-order chi connectivity index (χ1) is 11.5. The molecule has 0 saturated heterocycles. The number of halogens is 1. The fourth-order valence-electron chi connectivity index (χ4n) is 2.17. The highest BCUT2D eigenvalue weighted by Crippen LogP contribution is 2.21. The van der Waals surface area contributed by atoms with Gasteiger partial charge in [-0.15, -0.1) is 0 Å². The first kappa shape index (κ1) is 18.0. The third-order valence-corrected chi connectivity index (χ3v) is 3.62. The van der Waals surface area contributed by atoms with Gasteiger partial charge in [-0.1, -0.05) is 41.4 Å². The van der Waals surface area contributed by atoms with Crippen molar-refractivity contribution in [3.8, 4) is 5.75 Å². The van der Waals surface area contributed by atoms with Crippen LogP contribution in [0.3, 0.4) is 0 Å². The summed E-state index contributed by atoms with van der Waals surface area (Å²) in [7, 11) is 0. The Hall–Kier alpha value is -2.33. The molecule has 0 radical (unpaired) electrons. The molecule has 0 aliphatic carbocycles. The lowest BCUT2D eigenvalue weighted by Crippen LogP contribution is -2.18. The van der Waals surface area contributed by atoms with Crippen LogP contribution < -0.4 is 10.2 Å². The van der Waals surface area contributed by atoms with Gasteiger partial charge in [0.15, 0.2) is 0 Å². The molecule has 0 fully saturated rings. The van der Waals surface area contributed by atoms with E-state index in [0.29, 0.717) is 24.5 Å². The standard InChI is InChI=1S/C19H21ClN2O2/c1-14-5-3-6-16(11-14)13-21-22-19(23)7-4-10-24-18-9-8-17(20)12-15(18)2/h3,5-6,8-9,11-13H,4,7,10H2,1-2H3,(H,22,23). The van der Waals surface area contributed by atoms with Crippen molar-refractivity contribution < 1.29 is 9.53 Å². The van der Waals surface area contributed by atoms with Crippen LogP contribution in [0.1, 0.15) is 29.5 Å². The topological polar surface area (TPSA) is 50.7 Å². The quantitative estimate of drug-likeness (QED) is 0.463. The summed E-state index contributed by atoms with van der Waals surface area (Å²) in [5, 5.41) is 4.65. The molecule has 4 nitrogen and oxygen atoms in total. The highest BCUT2D eigenvalue weighted by atomic mass is 35.5. The summed E-state index contributed by atoms with van der Waals surface area (Å²) in [4.78, 5) is 11.7. The molecule has 2 aromatic carbocycles. The first-order valence-corrected chi connectivity index (χ1v) is 8.20. The van der Waals surface area contributed by atoms with Crippen molar-refractivity contribution in [3.63, 3.8) is 0 Å². The summed E-state index contributed by atoms with van der Waals surface area (Å²) in [6.45, 7) is 4.42. The molecule has 0 saturated carbocycles. The molecule has 0 aliphatic heterocycles. The van der Waals surface area contributed by atoms with Crippen molar-refractivity contribution in [1.29, 1.82) is 0 Å². The average Bonchev–Trinajstić information content (AvgIpc) is 2.53. The van der Waals surface area contributed by atoms with E-state index >= 15 is 0 Å². The van der Waals surface area contributed by atoms with Crippen molar-refractivity contribution >= 4 is 23.7 Å². The second-order valence-corrected chi connectivity index (χ2v) is 6.01. The van der Waals surface area contributed by atoms with Crippen LogP contribution in [-0.2, 0) is 4.79 Å². The van der Waals surface area contributed by atoms with Crippen LogP contribution >= 0.6 is 11.6 Å². The van der Waals surface area contributed by atoms with Gasteiger partial charge in [-0.25, -0.2) is 5.43 Å². The maximum atomic E-state index is 11.7. The smallest absolute Gasteiger partial charge is 0.240 e. The lowest BCUT2D eigenvalue weighted by molar-refractivity contribution is -0.121. The minimum Gasteiger partial charge on any atom is -0.493 e. The molecule has 1 amide bonds. The summed E-state index contributed by atoms with van der Waals surface area (Å²) in [6.07, 6.45) is 2.62. The van der Waals surface area contributed by atoms with Gasteiger partial charge in [0.25, 0.3) is 0 Å². The van der Waals surface area contributed by atoms with E-state index in [4.69, 9.17) is 16.3 Å². The van der Waals surface area contributed by atoms with Crippen molar-refractivity contribution in [3.05, 3.63) is 64.2 Å². The van der Waals surface area contributed by atoms with Crippen LogP contribution in [0.5, 0.6) is 5.75 Å². The number of amides is 1. The lowest BCUT2D eigenvalue weighted by atomic mass is 10.2. The Morgan fingerprint density at radius 2 is 2.08 bits per heavy atom. The Morgan fingerprint density at radius 1 is 1.25 bits per heavy atom. The summed E-state index contributed by atoms with van der Waals surface area (Å²) in [6, 6.07) is 13.4. The number of carbonyl (C=O) groups excluding carboxylic acids is 1. The van der Waals surface area contributed by atoms with Gasteiger partial charge in [-0.3, -0.25) is 4.79 Å². The minimum absolute atomic E-state index is 0.129. The molecule has 0 heterocycles. The second kappa shape index (κ2) is 9.08. The van der Waals surface area contributed by atoms with Crippen LogP contribution in [0.2, 0.25) is 5.02 Å². The largest absolute Gasteiger partial charge is 0.493 e. The predicted octanol–water partition coefficient (Wildman–Crippen LogP) is 4.27. The van der Waals surface area contributed by atoms with Gasteiger partial charge in [0.05, 0.1) is 12.8 Å². The lowest BCUT2D eigenvalue weighted by Gasteiger charge is -2.08. The number of benzene rings is 2. The molecule has 0 bridgehead atoms. The zero-order valence-corrected chi connectivity index (χ0v) is 14.6. The molecule has 126 valence electrons. The summed E-state index contributed by atoms with van der Waals surface area (Å²) in [5.41, 5.74) is 5.61. The average molecular weight is 345 g/mol. The molecule has 0 unspecified atom stereocenters. The van der Waals surface area contributed by atoms with Gasteiger partial charge in [-0.05, 0) is 49.6 Å². The molecule has 0 aromatic heterocycles. The number of hydrogen-bond donors (Lipinski definition) is 1. The molecule has 2 aromatic rings. The van der Waals surface area contributed by atoms with Crippen molar-refractivity contribution in [2.45, 2.75) is 26.7 Å². The monoisotopic (exact) mass is 344 g/mol. The Morgan fingerprint density at radius 3 is 2.83 bits per heavy atom. The SMILES string of the molecule is Cc1cccc(C=NNC(=O)CCCOc2ccc(Cl)cc2C)c1. The van der Waals surface area contributed by atoms with Crippen molar-refractivity contribution in [2.75, 3.05) is 6.61 Å². The first-order valence-electron chi connectivity index (χ1n) is 7.82. The van der Waals surface area contributed by atoms with Crippen LogP contribution in [-0.4, -0.2) is 18.7 Å². The van der Waals surface area contributed by atoms with E-state index < -0.39 is 0 Å². The van der Waals surface area contributed by atoms with Gasteiger partial charge >= 0.3 is 0 Å². The maximum absolute atomic E-state index is 11.7. The van der Waals surface area contributed by atoms with Gasteiger partial charge < -0.3 is 4.74 Å². The number of hydrazone groups is 1. The summed E-state index contributed by atoms with van der Waals surface area (Å²) < 4.78 is 5.65. The van der Waals surface area contributed by atoms with E-state index in [1.807, 2.05) is 50.2 Å². The number of carbonyl (C=O) groups is 1. The minimum atomic E-state index is -0.129. The number of nitrogens with zero attached hydrogens (tertiary/aromatic N) is 1. The van der Waals surface area contributed by atoms with Crippen molar-refractivity contribution in [1.82, 2.24) is 5.43 Å². The third-order valence-electron chi connectivity index (χ3n) is 3.39. The number of aryl methyl sites for hydroxylation is 2. The Kier molecular flexibility index (Phi) is 6.82. The molecule has 5 heteroatoms. The fraction of sp³-hybridized carbons (Fsp3) is 0.263. The van der Waals surface area contributed by atoms with Crippen LogP contribution in [0.4, 0.5) is 0 Å². The zero-order chi connectivity index (χ0) is 17.4. The van der Waals surface area contributed by atoms with E-state index in [9.17, 15) is 4.79 Å². The van der Waals surface area contributed by atoms with Crippen LogP contribution in [0.25, 0.3) is 0 Å².